The van der Waals surface area contributed by atoms with Gasteiger partial charge in [0.15, 0.2) is 0 Å². The fourth-order valence-electron chi connectivity index (χ4n) is 6.92. The van der Waals surface area contributed by atoms with E-state index in [1.165, 1.54) is 24.3 Å². The van der Waals surface area contributed by atoms with Crippen molar-refractivity contribution in [2.75, 3.05) is 13.1 Å². The maximum Gasteiger partial charge on any atom is 0.326 e. The van der Waals surface area contributed by atoms with Crippen molar-refractivity contribution in [1.29, 1.82) is 0 Å². The molecule has 0 saturated carbocycles. The van der Waals surface area contributed by atoms with Gasteiger partial charge in [-0.15, -0.1) is 0 Å². The van der Waals surface area contributed by atoms with E-state index in [9.17, 15) is 68.1 Å². The standard InChI is InChI=1S/C47H77N11O14/c1-9-26(8)39(58-44(68)36(50)23(2)3)45(69)51-22-34(61)52-32(21-35(62)63)42(66)53-30(17-18-33(49)60)40(64)55-31(20-27-13-15-28(59)16-14-27)43(67)56-37(24(4)5)46(70)54-29(12-10-11-19-48)41(65)57-38(25(6)7)47(71)72/h13-16,23-26,29-32,36-39,59H,9-12,17-22,48,50H2,1-8H3,(H2,49,60)(H,51,69)(H,52,61)(H,53,66)(H,54,70)(H,55,64)(H,56,67)(H,57,65)(H,58,68)(H,62,63)(H,71,72)/t26-,29-,30-,31-,32-,36-,37-,38-,39-/m0/s1. The van der Waals surface area contributed by atoms with Gasteiger partial charge >= 0.3 is 11.9 Å². The van der Waals surface area contributed by atoms with Crippen LogP contribution in [0, 0.1) is 23.7 Å². The molecule has 25 nitrogen and oxygen atoms in total. The molecule has 1 aromatic rings. The fraction of sp³-hybridized carbons (Fsp3) is 0.638. The lowest BCUT2D eigenvalue weighted by atomic mass is 9.96. The van der Waals surface area contributed by atoms with E-state index >= 15 is 0 Å². The Morgan fingerprint density at radius 2 is 1.07 bits per heavy atom. The molecule has 0 saturated heterocycles. The van der Waals surface area contributed by atoms with E-state index in [1.54, 1.807) is 55.4 Å². The Balaban J connectivity index is 3.49. The van der Waals surface area contributed by atoms with Crippen molar-refractivity contribution in [3.8, 4) is 5.75 Å². The molecule has 0 spiro atoms. The average Bonchev–Trinajstić information content (AvgIpc) is 3.30. The molecule has 0 unspecified atom stereocenters. The van der Waals surface area contributed by atoms with E-state index in [-0.39, 0.29) is 31.1 Å². The Bertz CT molecular complexity index is 2030. The number of primary amides is 1. The zero-order chi connectivity index (χ0) is 55.0. The van der Waals surface area contributed by atoms with Gasteiger partial charge < -0.3 is 75.1 Å². The van der Waals surface area contributed by atoms with Crippen molar-refractivity contribution in [2.45, 2.75) is 155 Å². The number of unbranched alkanes of at least 4 members (excludes halogenated alkanes) is 1. The zero-order valence-electron chi connectivity index (χ0n) is 42.4. The number of aromatic hydroxyl groups is 1. The minimum Gasteiger partial charge on any atom is -0.508 e. The van der Waals surface area contributed by atoms with E-state index in [0.29, 0.717) is 24.8 Å². The topological polar surface area (TPSA) is 423 Å². The maximum absolute atomic E-state index is 14.2. The number of carbonyl (C=O) groups is 11. The summed E-state index contributed by atoms with van der Waals surface area (Å²) in [6, 6.07) is -5.55. The predicted octanol–water partition coefficient (Wildman–Crippen LogP) is -2.26. The molecule has 25 heteroatoms. The largest absolute Gasteiger partial charge is 0.508 e. The van der Waals surface area contributed by atoms with Crippen LogP contribution in [0.3, 0.4) is 0 Å². The Labute approximate surface area is 419 Å². The van der Waals surface area contributed by atoms with Gasteiger partial charge in [0.25, 0.3) is 0 Å². The molecule has 0 radical (unpaired) electrons. The molecule has 1 rings (SSSR count). The summed E-state index contributed by atoms with van der Waals surface area (Å²) in [5, 5.41) is 48.9. The number of carboxylic acid groups (broad SMARTS) is 2. The summed E-state index contributed by atoms with van der Waals surface area (Å²) < 4.78 is 0. The summed E-state index contributed by atoms with van der Waals surface area (Å²) in [6.07, 6.45) is -0.944. The predicted molar refractivity (Wildman–Crippen MR) is 262 cm³/mol. The van der Waals surface area contributed by atoms with Crippen LogP contribution in [0.2, 0.25) is 0 Å². The smallest absolute Gasteiger partial charge is 0.326 e. The highest BCUT2D eigenvalue weighted by atomic mass is 16.4. The molecule has 9 amide bonds. The van der Waals surface area contributed by atoms with Crippen molar-refractivity contribution < 1.29 is 68.1 Å². The summed E-state index contributed by atoms with van der Waals surface area (Å²) in [7, 11) is 0. The number of carbonyl (C=O) groups excluding carboxylic acids is 9. The van der Waals surface area contributed by atoms with Gasteiger partial charge in [-0.3, -0.25) is 47.9 Å². The van der Waals surface area contributed by atoms with Gasteiger partial charge in [-0.05, 0) is 73.6 Å². The first kappa shape index (κ1) is 63.1. The summed E-state index contributed by atoms with van der Waals surface area (Å²) >= 11 is 0. The number of phenolic OH excluding ortho intramolecular Hbond substituents is 1. The van der Waals surface area contributed by atoms with E-state index in [4.69, 9.17) is 17.2 Å². The first-order valence-corrected chi connectivity index (χ1v) is 24.0. The monoisotopic (exact) mass is 1020 g/mol. The molecule has 404 valence electrons. The highest BCUT2D eigenvalue weighted by molar-refractivity contribution is 5.98. The van der Waals surface area contributed by atoms with Gasteiger partial charge in [-0.2, -0.15) is 0 Å². The van der Waals surface area contributed by atoms with Crippen LogP contribution in [-0.2, 0) is 59.2 Å². The minimum atomic E-state index is -1.87. The summed E-state index contributed by atoms with van der Waals surface area (Å²) in [5.74, 6) is -13.0. The van der Waals surface area contributed by atoms with Gasteiger partial charge in [0, 0.05) is 12.8 Å². The number of benzene rings is 1. The lowest BCUT2D eigenvalue weighted by molar-refractivity contribution is -0.143. The van der Waals surface area contributed by atoms with Crippen LogP contribution in [0.15, 0.2) is 24.3 Å². The highest BCUT2D eigenvalue weighted by Gasteiger charge is 2.36. The van der Waals surface area contributed by atoms with Crippen molar-refractivity contribution in [1.82, 2.24) is 42.5 Å². The third kappa shape index (κ3) is 22.5. The van der Waals surface area contributed by atoms with E-state index in [2.05, 4.69) is 42.5 Å². The average molecular weight is 1020 g/mol. The Hall–Kier alpha value is -6.89. The molecule has 0 fully saturated rings. The lowest BCUT2D eigenvalue weighted by Crippen LogP contribution is -2.61. The Morgan fingerprint density at radius 1 is 0.569 bits per heavy atom. The molecular weight excluding hydrogens is 943 g/mol. The van der Waals surface area contributed by atoms with Crippen molar-refractivity contribution in [3.05, 3.63) is 29.8 Å². The number of rotatable bonds is 33. The van der Waals surface area contributed by atoms with E-state index in [1.807, 2.05) is 0 Å². The normalized spacial score (nSPS) is 15.0. The maximum atomic E-state index is 14.2. The number of nitrogens with two attached hydrogens (primary N) is 3. The number of amides is 9. The van der Waals surface area contributed by atoms with Gasteiger partial charge in [-0.1, -0.05) is 73.9 Å². The van der Waals surface area contributed by atoms with Crippen LogP contribution in [-0.4, -0.2) is 142 Å². The second-order valence-corrected chi connectivity index (χ2v) is 18.7. The Kier molecular flexibility index (Phi) is 27.6. The zero-order valence-corrected chi connectivity index (χ0v) is 42.4. The Morgan fingerprint density at radius 3 is 1.58 bits per heavy atom. The quantitative estimate of drug-likeness (QED) is 0.0331. The molecule has 9 atom stereocenters. The van der Waals surface area contributed by atoms with Crippen molar-refractivity contribution in [2.24, 2.45) is 40.9 Å². The lowest BCUT2D eigenvalue weighted by Gasteiger charge is -2.29. The number of phenols is 1. The molecule has 0 aliphatic rings. The molecule has 1 aromatic carbocycles. The molecule has 0 aliphatic carbocycles. The number of carboxylic acids is 2. The molecule has 0 bridgehead atoms. The molecule has 0 aromatic heterocycles. The second kappa shape index (κ2) is 31.4. The van der Waals surface area contributed by atoms with Crippen molar-refractivity contribution in [3.63, 3.8) is 0 Å². The van der Waals surface area contributed by atoms with Crippen LogP contribution in [0.25, 0.3) is 0 Å². The summed E-state index contributed by atoms with van der Waals surface area (Å²) in [4.78, 5) is 144. The van der Waals surface area contributed by atoms with Gasteiger partial charge in [-0.25, -0.2) is 4.79 Å². The van der Waals surface area contributed by atoms with Crippen molar-refractivity contribution >= 4 is 65.1 Å². The molecule has 72 heavy (non-hydrogen) atoms. The minimum absolute atomic E-state index is 0.0673. The van der Waals surface area contributed by atoms with E-state index in [0.717, 1.165) is 0 Å². The van der Waals surface area contributed by atoms with Crippen LogP contribution in [0.1, 0.15) is 106 Å². The first-order chi connectivity index (χ1) is 33.6. The number of aliphatic carboxylic acids is 2. The van der Waals surface area contributed by atoms with Crippen LogP contribution in [0.5, 0.6) is 5.75 Å². The van der Waals surface area contributed by atoms with Gasteiger partial charge in [0.1, 0.15) is 48.0 Å². The number of hydrogen-bond donors (Lipinski definition) is 14. The summed E-state index contributed by atoms with van der Waals surface area (Å²) in [6.45, 7) is 12.8. The van der Waals surface area contributed by atoms with E-state index < -0.39 is 157 Å². The SMILES string of the molecule is CC[C@H](C)[C@H](NC(=O)[C@@H](N)C(C)C)C(=O)NCC(=O)N[C@@H](CC(=O)O)C(=O)N[C@@H](CCC(N)=O)C(=O)N[C@@H](Cc1ccc(O)cc1)C(=O)N[C@H](C(=O)N[C@@H](CCCCN)C(=O)N[C@H](C(=O)O)C(C)C)C(C)C. The van der Waals surface area contributed by atoms with Crippen LogP contribution in [0.4, 0.5) is 0 Å². The number of nitrogens with one attached hydrogen (secondary N) is 8. The van der Waals surface area contributed by atoms with Gasteiger partial charge in [0.05, 0.1) is 19.0 Å². The van der Waals surface area contributed by atoms with Crippen LogP contribution < -0.4 is 59.7 Å². The summed E-state index contributed by atoms with van der Waals surface area (Å²) in [5.41, 5.74) is 17.3. The third-order valence-electron chi connectivity index (χ3n) is 11.6. The first-order valence-electron chi connectivity index (χ1n) is 24.0. The molecule has 17 N–H and O–H groups in total. The molecule has 0 heterocycles. The molecule has 0 aliphatic heterocycles. The van der Waals surface area contributed by atoms with Crippen LogP contribution >= 0.6 is 0 Å². The van der Waals surface area contributed by atoms with Gasteiger partial charge in [0.2, 0.25) is 53.2 Å². The second-order valence-electron chi connectivity index (χ2n) is 18.7. The number of hydrogen-bond acceptors (Lipinski definition) is 14. The molecular formula is C47H77N11O14. The fourth-order valence-corrected chi connectivity index (χ4v) is 6.92. The highest BCUT2D eigenvalue weighted by Crippen LogP contribution is 2.15. The third-order valence-corrected chi connectivity index (χ3v) is 11.6.